The van der Waals surface area contributed by atoms with Gasteiger partial charge < -0.3 is 4.74 Å². The maximum atomic E-state index is 12.5. The lowest BCUT2D eigenvalue weighted by Gasteiger charge is -2.27. The lowest BCUT2D eigenvalue weighted by molar-refractivity contribution is -0.154. The van der Waals surface area contributed by atoms with E-state index in [9.17, 15) is 4.79 Å². The first-order valence-corrected chi connectivity index (χ1v) is 7.39. The fourth-order valence-electron chi connectivity index (χ4n) is 2.60. The highest BCUT2D eigenvalue weighted by molar-refractivity contribution is 5.77. The van der Waals surface area contributed by atoms with Crippen molar-refractivity contribution >= 4 is 5.97 Å². The number of hydrogen-bond acceptors (Lipinski definition) is 2. The maximum absolute atomic E-state index is 12.5. The van der Waals surface area contributed by atoms with Gasteiger partial charge in [0.2, 0.25) is 0 Å². The Hall–Kier alpha value is -2.09. The third-order valence-electron chi connectivity index (χ3n) is 3.64. The van der Waals surface area contributed by atoms with Crippen LogP contribution in [0.2, 0.25) is 0 Å². The SMILES string of the molecule is CCOC(=O)C(C)(Cc1ccccc1)Cc1ccccc1. The lowest BCUT2D eigenvalue weighted by Crippen LogP contribution is -2.34. The fourth-order valence-corrected chi connectivity index (χ4v) is 2.60. The van der Waals surface area contributed by atoms with E-state index in [0.29, 0.717) is 19.4 Å². The fraction of sp³-hybridized carbons (Fsp3) is 0.316. The van der Waals surface area contributed by atoms with Crippen LogP contribution in [0.15, 0.2) is 60.7 Å². The van der Waals surface area contributed by atoms with Gasteiger partial charge in [0, 0.05) is 0 Å². The molecule has 2 heteroatoms. The Morgan fingerprint density at radius 1 is 0.905 bits per heavy atom. The van der Waals surface area contributed by atoms with E-state index in [2.05, 4.69) is 24.3 Å². The van der Waals surface area contributed by atoms with Gasteiger partial charge in [-0.2, -0.15) is 0 Å². The van der Waals surface area contributed by atoms with Crippen LogP contribution in [0.4, 0.5) is 0 Å². The van der Waals surface area contributed by atoms with E-state index in [-0.39, 0.29) is 5.97 Å². The summed E-state index contributed by atoms with van der Waals surface area (Å²) in [7, 11) is 0. The predicted molar refractivity (Wildman–Crippen MR) is 85.0 cm³/mol. The van der Waals surface area contributed by atoms with E-state index in [1.54, 1.807) is 0 Å². The standard InChI is InChI=1S/C19H22O2/c1-3-21-18(20)19(2,14-16-10-6-4-7-11-16)15-17-12-8-5-9-13-17/h4-13H,3,14-15H2,1-2H3. The zero-order valence-electron chi connectivity index (χ0n) is 12.7. The summed E-state index contributed by atoms with van der Waals surface area (Å²) >= 11 is 0. The van der Waals surface area contributed by atoms with E-state index >= 15 is 0 Å². The number of esters is 1. The predicted octanol–water partition coefficient (Wildman–Crippen LogP) is 4.04. The molecule has 0 aromatic heterocycles. The Morgan fingerprint density at radius 2 is 1.33 bits per heavy atom. The second-order valence-electron chi connectivity index (χ2n) is 5.61. The molecule has 0 N–H and O–H groups in total. The molecule has 2 aromatic carbocycles. The van der Waals surface area contributed by atoms with Crippen LogP contribution >= 0.6 is 0 Å². The van der Waals surface area contributed by atoms with Crippen LogP contribution < -0.4 is 0 Å². The Kier molecular flexibility index (Phi) is 5.15. The molecule has 2 nitrogen and oxygen atoms in total. The molecule has 2 aromatic rings. The molecule has 2 rings (SSSR count). The average molecular weight is 282 g/mol. The zero-order chi connectivity index (χ0) is 15.1. The van der Waals surface area contributed by atoms with Crippen molar-refractivity contribution < 1.29 is 9.53 Å². The van der Waals surface area contributed by atoms with E-state index in [4.69, 9.17) is 4.74 Å². The van der Waals surface area contributed by atoms with Gasteiger partial charge in [0.1, 0.15) is 0 Å². The minimum atomic E-state index is -0.543. The van der Waals surface area contributed by atoms with Crippen LogP contribution in [-0.2, 0) is 22.4 Å². The molecule has 0 fully saturated rings. The van der Waals surface area contributed by atoms with E-state index in [1.807, 2.05) is 50.2 Å². The van der Waals surface area contributed by atoms with Crippen molar-refractivity contribution in [1.82, 2.24) is 0 Å². The first-order valence-electron chi connectivity index (χ1n) is 7.39. The van der Waals surface area contributed by atoms with Crippen LogP contribution in [0.1, 0.15) is 25.0 Å². The second kappa shape index (κ2) is 7.07. The van der Waals surface area contributed by atoms with Crippen LogP contribution in [-0.4, -0.2) is 12.6 Å². The number of carbonyl (C=O) groups is 1. The van der Waals surface area contributed by atoms with Crippen LogP contribution in [0, 0.1) is 5.41 Å². The number of ether oxygens (including phenoxy) is 1. The summed E-state index contributed by atoms with van der Waals surface area (Å²) < 4.78 is 5.31. The van der Waals surface area contributed by atoms with Crippen LogP contribution in [0.5, 0.6) is 0 Å². The Labute approximate surface area is 126 Å². The van der Waals surface area contributed by atoms with Crippen molar-refractivity contribution in [2.24, 2.45) is 5.41 Å². The first kappa shape index (κ1) is 15.3. The van der Waals surface area contributed by atoms with Crippen molar-refractivity contribution in [2.75, 3.05) is 6.61 Å². The molecule has 0 saturated carbocycles. The van der Waals surface area contributed by atoms with E-state index in [0.717, 1.165) is 11.1 Å². The van der Waals surface area contributed by atoms with Crippen molar-refractivity contribution in [2.45, 2.75) is 26.7 Å². The van der Waals surface area contributed by atoms with E-state index < -0.39 is 5.41 Å². The molecule has 0 heterocycles. The molecule has 110 valence electrons. The van der Waals surface area contributed by atoms with Gasteiger partial charge in [0.05, 0.1) is 12.0 Å². The third kappa shape index (κ3) is 4.19. The van der Waals surface area contributed by atoms with Crippen molar-refractivity contribution in [3.63, 3.8) is 0 Å². The molecule has 0 atom stereocenters. The normalized spacial score (nSPS) is 11.1. The zero-order valence-corrected chi connectivity index (χ0v) is 12.7. The highest BCUT2D eigenvalue weighted by atomic mass is 16.5. The average Bonchev–Trinajstić information content (AvgIpc) is 2.49. The molecule has 0 bridgehead atoms. The minimum Gasteiger partial charge on any atom is -0.466 e. The Morgan fingerprint density at radius 3 is 1.71 bits per heavy atom. The largest absolute Gasteiger partial charge is 0.466 e. The van der Waals surface area contributed by atoms with Crippen molar-refractivity contribution in [3.8, 4) is 0 Å². The van der Waals surface area contributed by atoms with Crippen molar-refractivity contribution in [3.05, 3.63) is 71.8 Å². The van der Waals surface area contributed by atoms with Gasteiger partial charge in [-0.3, -0.25) is 4.79 Å². The Balaban J connectivity index is 2.23. The molecule has 0 unspecified atom stereocenters. The minimum absolute atomic E-state index is 0.127. The smallest absolute Gasteiger partial charge is 0.312 e. The number of benzene rings is 2. The van der Waals surface area contributed by atoms with Gasteiger partial charge in [-0.25, -0.2) is 0 Å². The Bertz CT molecular complexity index is 519. The molecule has 0 spiro atoms. The summed E-state index contributed by atoms with van der Waals surface area (Å²) in [6.45, 7) is 4.26. The van der Waals surface area contributed by atoms with Gasteiger partial charge in [0.15, 0.2) is 0 Å². The second-order valence-corrected chi connectivity index (χ2v) is 5.61. The molecule has 0 amide bonds. The summed E-state index contributed by atoms with van der Waals surface area (Å²) in [5, 5.41) is 0. The summed E-state index contributed by atoms with van der Waals surface area (Å²) in [5.74, 6) is -0.127. The molecule has 0 saturated heterocycles. The molecule has 0 aliphatic heterocycles. The highest BCUT2D eigenvalue weighted by Gasteiger charge is 2.35. The van der Waals surface area contributed by atoms with Gasteiger partial charge in [-0.1, -0.05) is 60.7 Å². The molecule has 0 radical (unpaired) electrons. The summed E-state index contributed by atoms with van der Waals surface area (Å²) in [6, 6.07) is 20.2. The van der Waals surface area contributed by atoms with Crippen molar-refractivity contribution in [1.29, 1.82) is 0 Å². The number of carbonyl (C=O) groups excluding carboxylic acids is 1. The highest BCUT2D eigenvalue weighted by Crippen LogP contribution is 2.29. The van der Waals surface area contributed by atoms with Gasteiger partial charge in [-0.15, -0.1) is 0 Å². The quantitative estimate of drug-likeness (QED) is 0.747. The first-order chi connectivity index (χ1) is 10.1. The van der Waals surface area contributed by atoms with Gasteiger partial charge in [0.25, 0.3) is 0 Å². The number of rotatable bonds is 6. The van der Waals surface area contributed by atoms with E-state index in [1.165, 1.54) is 0 Å². The summed E-state index contributed by atoms with van der Waals surface area (Å²) in [4.78, 5) is 12.5. The number of hydrogen-bond donors (Lipinski definition) is 0. The molecule has 21 heavy (non-hydrogen) atoms. The summed E-state index contributed by atoms with van der Waals surface area (Å²) in [6.07, 6.45) is 1.36. The monoisotopic (exact) mass is 282 g/mol. The van der Waals surface area contributed by atoms with Gasteiger partial charge >= 0.3 is 5.97 Å². The lowest BCUT2D eigenvalue weighted by atomic mass is 9.78. The molecular formula is C19H22O2. The van der Waals surface area contributed by atoms with Crippen LogP contribution in [0.25, 0.3) is 0 Å². The molecule has 0 aliphatic rings. The molecular weight excluding hydrogens is 260 g/mol. The van der Waals surface area contributed by atoms with Crippen LogP contribution in [0.3, 0.4) is 0 Å². The molecule has 0 aliphatic carbocycles. The van der Waals surface area contributed by atoms with Gasteiger partial charge in [-0.05, 0) is 37.8 Å². The summed E-state index contributed by atoms with van der Waals surface area (Å²) in [5.41, 5.74) is 1.77. The topological polar surface area (TPSA) is 26.3 Å². The maximum Gasteiger partial charge on any atom is 0.312 e. The third-order valence-corrected chi connectivity index (χ3v) is 3.64.